The van der Waals surface area contributed by atoms with Crippen LogP contribution in [0, 0.1) is 0 Å². The summed E-state index contributed by atoms with van der Waals surface area (Å²) in [4.78, 5) is 21.7. The van der Waals surface area contributed by atoms with Gasteiger partial charge in [-0.2, -0.15) is 0 Å². The summed E-state index contributed by atoms with van der Waals surface area (Å²) in [5.41, 5.74) is -0.00242. The number of nitrogens with one attached hydrogen (secondary N) is 2. The minimum absolute atomic E-state index is 0.00242. The molecule has 0 radical (unpaired) electrons. The van der Waals surface area contributed by atoms with Gasteiger partial charge in [0.05, 0.1) is 5.39 Å². The number of aromatic nitrogens is 2. The molecular weight excluding hydrogens is 278 g/mol. The number of rotatable bonds is 3. The maximum absolute atomic E-state index is 12.1. The van der Waals surface area contributed by atoms with Crippen LogP contribution in [-0.2, 0) is 6.42 Å². The molecule has 0 amide bonds. The molecule has 0 aliphatic carbocycles. The van der Waals surface area contributed by atoms with Crippen LogP contribution in [0.3, 0.4) is 0 Å². The Morgan fingerprint density at radius 2 is 2.26 bits per heavy atom. The number of piperidine rings is 1. The monoisotopic (exact) mass is 295 g/mol. The average molecular weight is 295 g/mol. The molecule has 0 unspecified atom stereocenters. The van der Waals surface area contributed by atoms with Gasteiger partial charge in [0, 0.05) is 10.1 Å². The molecule has 2 aromatic rings. The van der Waals surface area contributed by atoms with Gasteiger partial charge in [0.2, 0.25) is 0 Å². The molecule has 0 atom stereocenters. The van der Waals surface area contributed by atoms with Crippen LogP contribution in [0.4, 0.5) is 0 Å². The Morgan fingerprint density at radius 1 is 1.47 bits per heavy atom. The van der Waals surface area contributed by atoms with E-state index in [-0.39, 0.29) is 5.56 Å². The third kappa shape index (κ3) is 2.85. The minimum atomic E-state index is -0.00242. The predicted octanol–water partition coefficient (Wildman–Crippen LogP) is 2.39. The van der Waals surface area contributed by atoms with Crippen molar-refractivity contribution in [2.75, 3.05) is 13.1 Å². The van der Waals surface area contributed by atoms with E-state index >= 15 is 0 Å². The molecule has 3 heterocycles. The first-order valence-corrected chi connectivity index (χ1v) is 8.36. The zero-order valence-corrected chi connectivity index (χ0v) is 12.5. The van der Waals surface area contributed by atoms with Crippen molar-refractivity contribution in [3.63, 3.8) is 0 Å². The number of H-pyrrole nitrogens is 1. The number of aromatic amines is 1. The van der Waals surface area contributed by atoms with Crippen molar-refractivity contribution in [3.05, 3.63) is 21.3 Å². The minimum Gasteiger partial charge on any atom is -0.317 e. The van der Waals surface area contributed by atoms with Crippen molar-refractivity contribution in [2.45, 2.75) is 36.6 Å². The Bertz CT molecular complexity index is 628. The highest BCUT2D eigenvalue weighted by Crippen LogP contribution is 2.28. The normalized spacial score (nSPS) is 17.1. The van der Waals surface area contributed by atoms with Crippen molar-refractivity contribution in [1.29, 1.82) is 0 Å². The van der Waals surface area contributed by atoms with E-state index in [1.165, 1.54) is 4.88 Å². The summed E-state index contributed by atoms with van der Waals surface area (Å²) in [6.07, 6.45) is 3.23. The Balaban J connectivity index is 1.89. The summed E-state index contributed by atoms with van der Waals surface area (Å²) >= 11 is 3.34. The van der Waals surface area contributed by atoms with Crippen LogP contribution < -0.4 is 10.9 Å². The van der Waals surface area contributed by atoms with E-state index in [0.717, 1.165) is 47.7 Å². The quantitative estimate of drug-likeness (QED) is 0.854. The molecule has 1 saturated heterocycles. The van der Waals surface area contributed by atoms with Gasteiger partial charge < -0.3 is 10.3 Å². The van der Waals surface area contributed by atoms with Crippen LogP contribution in [0.5, 0.6) is 0 Å². The van der Waals surface area contributed by atoms with E-state index in [4.69, 9.17) is 0 Å². The van der Waals surface area contributed by atoms with Crippen molar-refractivity contribution in [3.8, 4) is 0 Å². The molecule has 102 valence electrons. The zero-order valence-electron chi connectivity index (χ0n) is 10.9. The molecule has 6 heteroatoms. The molecule has 1 fully saturated rings. The van der Waals surface area contributed by atoms with Crippen molar-refractivity contribution in [2.24, 2.45) is 0 Å². The second-order valence-electron chi connectivity index (χ2n) is 4.72. The molecular formula is C13H17N3OS2. The summed E-state index contributed by atoms with van der Waals surface area (Å²) in [6.45, 7) is 4.22. The van der Waals surface area contributed by atoms with Gasteiger partial charge in [-0.25, -0.2) is 4.98 Å². The molecule has 0 saturated carbocycles. The van der Waals surface area contributed by atoms with Gasteiger partial charge in [-0.05, 0) is 38.4 Å². The van der Waals surface area contributed by atoms with E-state index in [2.05, 4.69) is 22.2 Å². The number of fused-ring (bicyclic) bond motifs is 1. The summed E-state index contributed by atoms with van der Waals surface area (Å²) in [5.74, 6) is 0. The Morgan fingerprint density at radius 3 is 3.00 bits per heavy atom. The molecule has 0 bridgehead atoms. The predicted molar refractivity (Wildman–Crippen MR) is 81.4 cm³/mol. The number of hydrogen-bond donors (Lipinski definition) is 2. The number of nitrogens with zero attached hydrogens (tertiary/aromatic N) is 1. The molecule has 1 aliphatic heterocycles. The molecule has 19 heavy (non-hydrogen) atoms. The second kappa shape index (κ2) is 5.64. The lowest BCUT2D eigenvalue weighted by molar-refractivity contribution is 0.531. The summed E-state index contributed by atoms with van der Waals surface area (Å²) < 4.78 is 0. The molecule has 0 aromatic carbocycles. The number of thiophene rings is 1. The van der Waals surface area contributed by atoms with Crippen LogP contribution in [0.2, 0.25) is 0 Å². The highest BCUT2D eigenvalue weighted by atomic mass is 32.2. The molecule has 3 rings (SSSR count). The maximum Gasteiger partial charge on any atom is 0.260 e. The van der Waals surface area contributed by atoms with E-state index < -0.39 is 0 Å². The third-order valence-corrected chi connectivity index (χ3v) is 5.74. The highest BCUT2D eigenvalue weighted by Gasteiger charge is 2.16. The van der Waals surface area contributed by atoms with Crippen molar-refractivity contribution in [1.82, 2.24) is 15.3 Å². The van der Waals surface area contributed by atoms with Crippen LogP contribution >= 0.6 is 23.1 Å². The van der Waals surface area contributed by atoms with Gasteiger partial charge >= 0.3 is 0 Å². The van der Waals surface area contributed by atoms with Crippen LogP contribution in [-0.4, -0.2) is 28.3 Å². The fourth-order valence-corrected chi connectivity index (χ4v) is 4.37. The van der Waals surface area contributed by atoms with Crippen LogP contribution in [0.1, 0.15) is 24.6 Å². The fourth-order valence-electron chi connectivity index (χ4n) is 2.26. The second-order valence-corrected chi connectivity index (χ2v) is 7.13. The van der Waals surface area contributed by atoms with Crippen molar-refractivity contribution < 1.29 is 0 Å². The summed E-state index contributed by atoms with van der Waals surface area (Å²) in [5, 5.41) is 5.42. The third-order valence-electron chi connectivity index (χ3n) is 3.34. The standard InChI is InChI=1S/C13H17N3OS2/c1-2-8-7-10-11(17)15-13(16-12(10)18-8)19-9-3-5-14-6-4-9/h7,9,14H,2-6H2,1H3,(H,15,16,17). The van der Waals surface area contributed by atoms with E-state index in [9.17, 15) is 4.79 Å². The van der Waals surface area contributed by atoms with Gasteiger partial charge in [-0.3, -0.25) is 4.79 Å². The number of hydrogen-bond acceptors (Lipinski definition) is 5. The van der Waals surface area contributed by atoms with E-state index in [0.29, 0.717) is 5.25 Å². The van der Waals surface area contributed by atoms with Gasteiger partial charge in [-0.15, -0.1) is 11.3 Å². The molecule has 1 aliphatic rings. The molecule has 0 spiro atoms. The summed E-state index contributed by atoms with van der Waals surface area (Å²) in [7, 11) is 0. The number of aryl methyl sites for hydroxylation is 1. The van der Waals surface area contributed by atoms with Gasteiger partial charge in [0.25, 0.3) is 5.56 Å². The Labute approximate surface area is 120 Å². The van der Waals surface area contributed by atoms with E-state index in [1.54, 1.807) is 23.1 Å². The first kappa shape index (κ1) is 13.1. The maximum atomic E-state index is 12.1. The molecule has 2 aromatic heterocycles. The molecule has 2 N–H and O–H groups in total. The van der Waals surface area contributed by atoms with E-state index in [1.807, 2.05) is 6.07 Å². The lowest BCUT2D eigenvalue weighted by Crippen LogP contribution is -2.29. The zero-order chi connectivity index (χ0) is 13.2. The fraction of sp³-hybridized carbons (Fsp3) is 0.538. The Kier molecular flexibility index (Phi) is 3.91. The number of thioether (sulfide) groups is 1. The van der Waals surface area contributed by atoms with Gasteiger partial charge in [0.15, 0.2) is 5.16 Å². The van der Waals surface area contributed by atoms with Crippen LogP contribution in [0.25, 0.3) is 10.2 Å². The van der Waals surface area contributed by atoms with Crippen molar-refractivity contribution >= 4 is 33.3 Å². The lowest BCUT2D eigenvalue weighted by atomic mass is 10.2. The largest absolute Gasteiger partial charge is 0.317 e. The van der Waals surface area contributed by atoms with Gasteiger partial charge in [0.1, 0.15) is 4.83 Å². The topological polar surface area (TPSA) is 57.8 Å². The average Bonchev–Trinajstić information content (AvgIpc) is 2.83. The first-order chi connectivity index (χ1) is 9.26. The van der Waals surface area contributed by atoms with Crippen LogP contribution in [0.15, 0.2) is 16.0 Å². The first-order valence-electron chi connectivity index (χ1n) is 6.66. The molecule has 4 nitrogen and oxygen atoms in total. The SMILES string of the molecule is CCc1cc2c(=O)[nH]c(SC3CCNCC3)nc2s1. The smallest absolute Gasteiger partial charge is 0.260 e. The van der Waals surface area contributed by atoms with Gasteiger partial charge in [-0.1, -0.05) is 18.7 Å². The highest BCUT2D eigenvalue weighted by molar-refractivity contribution is 7.99. The summed E-state index contributed by atoms with van der Waals surface area (Å²) in [6, 6.07) is 1.96. The Hall–Kier alpha value is -0.850. The lowest BCUT2D eigenvalue weighted by Gasteiger charge is -2.21.